The largest absolute Gasteiger partial charge is 0.314 e. The van der Waals surface area contributed by atoms with E-state index in [1.54, 1.807) is 0 Å². The Hall–Kier alpha value is 0.140. The lowest BCUT2D eigenvalue weighted by atomic mass is 10.1. The lowest BCUT2D eigenvalue weighted by Crippen LogP contribution is -2.31. The molecule has 1 N–H and O–H groups in total. The molecule has 2 rings (SSSR count). The average Bonchev–Trinajstić information content (AvgIpc) is 2.97. The van der Waals surface area contributed by atoms with Gasteiger partial charge in [0.25, 0.3) is 0 Å². The van der Waals surface area contributed by atoms with E-state index < -0.39 is 0 Å². The lowest BCUT2D eigenvalue weighted by Gasteiger charge is -2.16. The maximum Gasteiger partial charge on any atom is 0.0701 e. The van der Waals surface area contributed by atoms with Crippen LogP contribution in [0.4, 0.5) is 0 Å². The van der Waals surface area contributed by atoms with E-state index >= 15 is 0 Å². The smallest absolute Gasteiger partial charge is 0.0701 e. The van der Waals surface area contributed by atoms with Gasteiger partial charge in [0.1, 0.15) is 0 Å². The van der Waals surface area contributed by atoms with Crippen LogP contribution < -0.4 is 5.32 Å². The quantitative estimate of drug-likeness (QED) is 0.839. The van der Waals surface area contributed by atoms with Crippen molar-refractivity contribution in [1.82, 2.24) is 5.32 Å². The monoisotopic (exact) mass is 287 g/mol. The summed E-state index contributed by atoms with van der Waals surface area (Å²) in [4.78, 5) is 1.51. The summed E-state index contributed by atoms with van der Waals surface area (Å²) in [6, 6.07) is 5.15. The van der Waals surface area contributed by atoms with E-state index in [9.17, 15) is 0 Å². The first-order valence-corrected chi connectivity index (χ1v) is 7.38. The second-order valence-electron chi connectivity index (χ2n) is 4.25. The summed E-state index contributed by atoms with van der Waals surface area (Å²) in [5.74, 6) is 0.966. The molecule has 0 aliphatic heterocycles. The molecule has 1 aliphatic carbocycles. The first kappa shape index (κ1) is 11.6. The highest BCUT2D eigenvalue weighted by Crippen LogP contribution is 2.35. The molecule has 1 aliphatic rings. The molecule has 3 heteroatoms. The third-order valence-corrected chi connectivity index (χ3v) is 4.67. The molecule has 0 amide bonds. The van der Waals surface area contributed by atoms with Gasteiger partial charge >= 0.3 is 0 Å². The highest BCUT2D eigenvalue weighted by Gasteiger charge is 2.30. The fourth-order valence-electron chi connectivity index (χ4n) is 2.05. The van der Waals surface area contributed by atoms with Crippen molar-refractivity contribution in [2.45, 2.75) is 38.6 Å². The molecule has 1 heterocycles. The van der Waals surface area contributed by atoms with Crippen molar-refractivity contribution < 1.29 is 0 Å². The fraction of sp³-hybridized carbons (Fsp3) is 0.667. The number of halogens is 1. The normalized spacial score (nSPS) is 18.0. The Morgan fingerprint density at radius 1 is 1.53 bits per heavy atom. The van der Waals surface area contributed by atoms with E-state index in [2.05, 4.69) is 40.3 Å². The summed E-state index contributed by atoms with van der Waals surface area (Å²) in [6.07, 6.45) is 5.40. The maximum atomic E-state index is 3.61. The summed E-state index contributed by atoms with van der Waals surface area (Å²) in [5.41, 5.74) is 0. The molecule has 1 unspecified atom stereocenters. The van der Waals surface area contributed by atoms with Crippen LogP contribution in [0, 0.1) is 5.92 Å². The predicted molar refractivity (Wildman–Crippen MR) is 70.5 cm³/mol. The fourth-order valence-corrected chi connectivity index (χ4v) is 3.55. The van der Waals surface area contributed by atoms with Crippen LogP contribution in [-0.2, 0) is 6.42 Å². The van der Waals surface area contributed by atoms with E-state index in [0.717, 1.165) is 18.5 Å². The Kier molecular flexibility index (Phi) is 4.23. The number of thiophene rings is 1. The molecule has 0 radical (unpaired) electrons. The molecule has 84 valence electrons. The highest BCUT2D eigenvalue weighted by molar-refractivity contribution is 9.11. The van der Waals surface area contributed by atoms with Crippen LogP contribution in [0.5, 0.6) is 0 Å². The third-order valence-electron chi connectivity index (χ3n) is 2.99. The van der Waals surface area contributed by atoms with Gasteiger partial charge in [0.05, 0.1) is 3.79 Å². The van der Waals surface area contributed by atoms with Gasteiger partial charge in [-0.2, -0.15) is 0 Å². The molecule has 1 fully saturated rings. The first-order chi connectivity index (χ1) is 7.29. The van der Waals surface area contributed by atoms with Crippen LogP contribution in [0.3, 0.4) is 0 Å². The van der Waals surface area contributed by atoms with Gasteiger partial charge in [0.15, 0.2) is 0 Å². The minimum atomic E-state index is 0.760. The maximum absolute atomic E-state index is 3.61. The molecule has 15 heavy (non-hydrogen) atoms. The van der Waals surface area contributed by atoms with Gasteiger partial charge in [0.2, 0.25) is 0 Å². The van der Waals surface area contributed by atoms with E-state index in [0.29, 0.717) is 0 Å². The molecule has 1 nitrogen and oxygen atoms in total. The summed E-state index contributed by atoms with van der Waals surface area (Å²) in [7, 11) is 0. The molecule has 1 aromatic heterocycles. The Morgan fingerprint density at radius 3 is 2.87 bits per heavy atom. The van der Waals surface area contributed by atoms with Crippen LogP contribution >= 0.6 is 27.3 Å². The first-order valence-electron chi connectivity index (χ1n) is 5.77. The van der Waals surface area contributed by atoms with Crippen molar-refractivity contribution in [3.8, 4) is 0 Å². The molecule has 0 saturated heterocycles. The molecular formula is C12H18BrNS. The molecular weight excluding hydrogens is 270 g/mol. The van der Waals surface area contributed by atoms with E-state index in [1.807, 2.05) is 11.3 Å². The van der Waals surface area contributed by atoms with Crippen molar-refractivity contribution in [3.63, 3.8) is 0 Å². The van der Waals surface area contributed by atoms with Crippen LogP contribution in [-0.4, -0.2) is 12.6 Å². The summed E-state index contributed by atoms with van der Waals surface area (Å²) in [6.45, 7) is 3.31. The standard InChI is InChI=1S/C12H18BrNS/c1-2-14-11(9-3-4-9)7-5-10-6-8-12(13)15-10/h6,8-9,11,14H,2-5,7H2,1H3. The SMILES string of the molecule is CCNC(CCc1ccc(Br)s1)C1CC1. The molecule has 0 bridgehead atoms. The van der Waals surface area contributed by atoms with Crippen LogP contribution in [0.25, 0.3) is 0 Å². The summed E-state index contributed by atoms with van der Waals surface area (Å²) in [5, 5.41) is 3.61. The zero-order valence-electron chi connectivity index (χ0n) is 9.13. The lowest BCUT2D eigenvalue weighted by molar-refractivity contribution is 0.447. The van der Waals surface area contributed by atoms with E-state index in [-0.39, 0.29) is 0 Å². The molecule has 0 aromatic carbocycles. The topological polar surface area (TPSA) is 12.0 Å². The van der Waals surface area contributed by atoms with E-state index in [1.165, 1.54) is 34.3 Å². The Morgan fingerprint density at radius 2 is 2.33 bits per heavy atom. The van der Waals surface area contributed by atoms with Gasteiger partial charge in [-0.15, -0.1) is 11.3 Å². The van der Waals surface area contributed by atoms with Crippen LogP contribution in [0.1, 0.15) is 31.1 Å². The van der Waals surface area contributed by atoms with Gasteiger partial charge in [-0.25, -0.2) is 0 Å². The minimum Gasteiger partial charge on any atom is -0.314 e. The Balaban J connectivity index is 1.79. The third kappa shape index (κ3) is 3.58. The van der Waals surface area contributed by atoms with Crippen molar-refractivity contribution in [3.05, 3.63) is 20.8 Å². The van der Waals surface area contributed by atoms with Gasteiger partial charge < -0.3 is 5.32 Å². The molecule has 1 aromatic rings. The Bertz CT molecular complexity index is 306. The van der Waals surface area contributed by atoms with Crippen molar-refractivity contribution in [2.24, 2.45) is 5.92 Å². The second kappa shape index (κ2) is 5.46. The van der Waals surface area contributed by atoms with Crippen molar-refractivity contribution in [2.75, 3.05) is 6.54 Å². The molecule has 1 saturated carbocycles. The van der Waals surface area contributed by atoms with E-state index in [4.69, 9.17) is 0 Å². The van der Waals surface area contributed by atoms with Gasteiger partial charge in [-0.1, -0.05) is 6.92 Å². The van der Waals surface area contributed by atoms with Crippen molar-refractivity contribution >= 4 is 27.3 Å². The highest BCUT2D eigenvalue weighted by atomic mass is 79.9. The second-order valence-corrected chi connectivity index (χ2v) is 6.79. The Labute approximate surface area is 104 Å². The number of nitrogens with one attached hydrogen (secondary N) is 1. The number of aryl methyl sites for hydroxylation is 1. The number of hydrogen-bond donors (Lipinski definition) is 1. The van der Waals surface area contributed by atoms with Gasteiger partial charge in [0, 0.05) is 10.9 Å². The number of hydrogen-bond acceptors (Lipinski definition) is 2. The minimum absolute atomic E-state index is 0.760. The molecule has 0 spiro atoms. The summed E-state index contributed by atoms with van der Waals surface area (Å²) < 4.78 is 1.25. The average molecular weight is 288 g/mol. The summed E-state index contributed by atoms with van der Waals surface area (Å²) >= 11 is 5.38. The van der Waals surface area contributed by atoms with Gasteiger partial charge in [-0.3, -0.25) is 0 Å². The zero-order chi connectivity index (χ0) is 10.7. The zero-order valence-corrected chi connectivity index (χ0v) is 11.5. The van der Waals surface area contributed by atoms with Crippen molar-refractivity contribution in [1.29, 1.82) is 0 Å². The van der Waals surface area contributed by atoms with Crippen LogP contribution in [0.2, 0.25) is 0 Å². The molecule has 1 atom stereocenters. The van der Waals surface area contributed by atoms with Crippen LogP contribution in [0.15, 0.2) is 15.9 Å². The van der Waals surface area contributed by atoms with Gasteiger partial charge in [-0.05, 0) is 66.2 Å². The predicted octanol–water partition coefficient (Wildman–Crippen LogP) is 3.83. The number of rotatable bonds is 6.